The maximum atomic E-state index is 16.9. The molecule has 3 atom stereocenters. The normalized spacial score (nSPS) is 28.1. The molecule has 0 radical (unpaired) electrons. The molecule has 2 aromatic carbocycles. The highest BCUT2D eigenvalue weighted by Crippen LogP contribution is 2.63. The molecule has 5 aliphatic rings. The number of benzene rings is 2. The van der Waals surface area contributed by atoms with E-state index in [-0.39, 0.29) is 45.3 Å². The highest BCUT2D eigenvalue weighted by molar-refractivity contribution is 6.01. The Hall–Kier alpha value is -3.63. The van der Waals surface area contributed by atoms with Crippen LogP contribution in [0.5, 0.6) is 11.8 Å². The second kappa shape index (κ2) is 9.94. The van der Waals surface area contributed by atoms with Crippen molar-refractivity contribution in [2.75, 3.05) is 44.3 Å². The van der Waals surface area contributed by atoms with Crippen LogP contribution >= 0.6 is 0 Å². The van der Waals surface area contributed by atoms with Gasteiger partial charge in [-0.3, -0.25) is 9.88 Å². The first-order chi connectivity index (χ1) is 22.2. The molecule has 5 fully saturated rings. The van der Waals surface area contributed by atoms with Gasteiger partial charge >= 0.3 is 6.01 Å². The van der Waals surface area contributed by atoms with Gasteiger partial charge in [0.2, 0.25) is 0 Å². The number of pyridine rings is 1. The van der Waals surface area contributed by atoms with Crippen LogP contribution in [0.25, 0.3) is 32.9 Å². The fraction of sp³-hybridized carbons (Fsp3) is 0.528. The molecular formula is C36H39F2N5O3. The quantitative estimate of drug-likeness (QED) is 0.263. The van der Waals surface area contributed by atoms with E-state index in [1.807, 2.05) is 6.92 Å². The number of aromatic nitrogens is 3. The highest BCUT2D eigenvalue weighted by atomic mass is 19.1. The first-order valence-corrected chi connectivity index (χ1v) is 16.8. The SMILES string of the molecule is CCc1c(F)ccc2cc(O)cc(-c3ncc4c(N5CC6(CCC67CCO7)C5)nc(OC[C@@]56CCCN5C[C@H](C)C6)nc4c3F)c12. The summed E-state index contributed by atoms with van der Waals surface area (Å²) in [4.78, 5) is 18.9. The lowest BCUT2D eigenvalue weighted by atomic mass is 9.50. The van der Waals surface area contributed by atoms with Gasteiger partial charge in [-0.2, -0.15) is 9.97 Å². The number of rotatable bonds is 6. The number of anilines is 1. The molecule has 1 saturated carbocycles. The van der Waals surface area contributed by atoms with E-state index in [4.69, 9.17) is 14.5 Å². The molecule has 1 aliphatic carbocycles. The molecule has 2 spiro atoms. The van der Waals surface area contributed by atoms with Crippen molar-refractivity contribution in [3.63, 3.8) is 0 Å². The molecule has 4 aliphatic heterocycles. The van der Waals surface area contributed by atoms with Crippen LogP contribution in [0.1, 0.15) is 57.9 Å². The molecule has 2 aromatic heterocycles. The average molecular weight is 628 g/mol. The van der Waals surface area contributed by atoms with Gasteiger partial charge in [0.1, 0.15) is 35.2 Å². The zero-order valence-electron chi connectivity index (χ0n) is 26.4. The van der Waals surface area contributed by atoms with Gasteiger partial charge in [-0.1, -0.05) is 19.9 Å². The maximum Gasteiger partial charge on any atom is 0.319 e. The molecule has 46 heavy (non-hydrogen) atoms. The second-order valence-electron chi connectivity index (χ2n) is 14.6. The number of fused-ring (bicyclic) bond motifs is 4. The van der Waals surface area contributed by atoms with Gasteiger partial charge in [-0.15, -0.1) is 0 Å². The predicted octanol–water partition coefficient (Wildman–Crippen LogP) is 6.40. The third kappa shape index (κ3) is 3.92. The summed E-state index contributed by atoms with van der Waals surface area (Å²) in [5.41, 5.74) is 0.952. The van der Waals surface area contributed by atoms with Crippen molar-refractivity contribution in [3.8, 4) is 23.0 Å². The van der Waals surface area contributed by atoms with Crippen molar-refractivity contribution in [1.29, 1.82) is 0 Å². The van der Waals surface area contributed by atoms with Crippen molar-refractivity contribution >= 4 is 27.5 Å². The van der Waals surface area contributed by atoms with Crippen LogP contribution in [0, 0.1) is 23.0 Å². The average Bonchev–Trinajstić information content (AvgIpc) is 3.50. The van der Waals surface area contributed by atoms with E-state index in [9.17, 15) is 9.50 Å². The number of aryl methyl sites for hydroxylation is 1. The van der Waals surface area contributed by atoms with E-state index in [1.54, 1.807) is 18.3 Å². The first-order valence-electron chi connectivity index (χ1n) is 16.8. The Bertz CT molecular complexity index is 1900. The maximum absolute atomic E-state index is 16.9. The van der Waals surface area contributed by atoms with Crippen molar-refractivity contribution < 1.29 is 23.4 Å². The molecule has 0 bridgehead atoms. The number of phenolic OH excluding ortho intramolecular Hbond substituents is 1. The summed E-state index contributed by atoms with van der Waals surface area (Å²) in [6.45, 7) is 9.12. The highest BCUT2D eigenvalue weighted by Gasteiger charge is 2.68. The van der Waals surface area contributed by atoms with Crippen LogP contribution in [-0.2, 0) is 11.2 Å². The van der Waals surface area contributed by atoms with Crippen LogP contribution in [0.4, 0.5) is 14.6 Å². The van der Waals surface area contributed by atoms with E-state index in [0.29, 0.717) is 52.0 Å². The minimum Gasteiger partial charge on any atom is -0.508 e. The topological polar surface area (TPSA) is 83.8 Å². The second-order valence-corrected chi connectivity index (χ2v) is 14.6. The largest absolute Gasteiger partial charge is 0.508 e. The van der Waals surface area contributed by atoms with Gasteiger partial charge in [0.25, 0.3) is 0 Å². The van der Waals surface area contributed by atoms with E-state index in [1.165, 1.54) is 12.1 Å². The minimum atomic E-state index is -0.642. The standard InChI is InChI=1S/C36H39F2N5O3/c1-3-24-27(37)6-5-22-13-23(44)14-25(28(22)24)30-29(38)31-26(16-39-30)32(42-18-34(19-42)8-9-36(34)10-12-46-36)41-33(40-31)45-20-35-7-4-11-43(35)17-21(2)15-35/h5-6,13-14,16,21,44H,3-4,7-12,15,17-20H2,1-2H3/t21-,35+,36?/m1/s1. The van der Waals surface area contributed by atoms with Crippen LogP contribution in [-0.4, -0.2) is 75.5 Å². The number of aromatic hydroxyl groups is 1. The zero-order chi connectivity index (χ0) is 31.4. The van der Waals surface area contributed by atoms with Crippen molar-refractivity contribution in [2.45, 2.75) is 69.9 Å². The lowest BCUT2D eigenvalue weighted by Crippen LogP contribution is -2.77. The number of hydrogen-bond acceptors (Lipinski definition) is 8. The van der Waals surface area contributed by atoms with E-state index in [0.717, 1.165) is 71.3 Å². The number of nitrogens with zero attached hydrogens (tertiary/aromatic N) is 5. The summed E-state index contributed by atoms with van der Waals surface area (Å²) in [6, 6.07) is 6.17. The lowest BCUT2D eigenvalue weighted by Gasteiger charge is -2.70. The van der Waals surface area contributed by atoms with Crippen LogP contribution < -0.4 is 9.64 Å². The molecule has 1 N–H and O–H groups in total. The van der Waals surface area contributed by atoms with Crippen LogP contribution in [0.2, 0.25) is 0 Å². The summed E-state index contributed by atoms with van der Waals surface area (Å²) in [5.74, 6) is 0.151. The molecule has 4 aromatic rings. The van der Waals surface area contributed by atoms with Gasteiger partial charge in [-0.05, 0) is 85.5 Å². The van der Waals surface area contributed by atoms with Crippen molar-refractivity contribution in [2.24, 2.45) is 11.3 Å². The monoisotopic (exact) mass is 627 g/mol. The lowest BCUT2D eigenvalue weighted by molar-refractivity contribution is -0.284. The van der Waals surface area contributed by atoms with Gasteiger partial charge < -0.3 is 19.5 Å². The molecule has 1 unspecified atom stereocenters. The van der Waals surface area contributed by atoms with E-state index >= 15 is 4.39 Å². The van der Waals surface area contributed by atoms with Crippen molar-refractivity contribution in [1.82, 2.24) is 19.9 Å². The summed E-state index contributed by atoms with van der Waals surface area (Å²) in [7, 11) is 0. The first kappa shape index (κ1) is 28.6. The summed E-state index contributed by atoms with van der Waals surface area (Å²) in [6.07, 6.45) is 8.59. The number of ether oxygens (including phenoxy) is 2. The third-order valence-electron chi connectivity index (χ3n) is 12.0. The smallest absolute Gasteiger partial charge is 0.319 e. The minimum absolute atomic E-state index is 0.00960. The predicted molar refractivity (Wildman–Crippen MR) is 171 cm³/mol. The molecule has 8 nitrogen and oxygen atoms in total. The van der Waals surface area contributed by atoms with Gasteiger partial charge in [0.15, 0.2) is 5.82 Å². The van der Waals surface area contributed by atoms with Crippen LogP contribution in [0.15, 0.2) is 30.5 Å². The molecular weight excluding hydrogens is 588 g/mol. The molecule has 0 amide bonds. The van der Waals surface area contributed by atoms with Gasteiger partial charge in [0, 0.05) is 43.2 Å². The Morgan fingerprint density at radius 1 is 1.11 bits per heavy atom. The molecule has 6 heterocycles. The zero-order valence-corrected chi connectivity index (χ0v) is 26.4. The molecule has 9 rings (SSSR count). The fourth-order valence-corrected chi connectivity index (χ4v) is 9.57. The number of halogens is 2. The molecule has 4 saturated heterocycles. The Morgan fingerprint density at radius 2 is 1.96 bits per heavy atom. The summed E-state index contributed by atoms with van der Waals surface area (Å²) in [5, 5.41) is 12.3. The summed E-state index contributed by atoms with van der Waals surface area (Å²) >= 11 is 0. The number of hydrogen-bond donors (Lipinski definition) is 1. The fourth-order valence-electron chi connectivity index (χ4n) is 9.57. The Kier molecular flexibility index (Phi) is 6.17. The molecule has 10 heteroatoms. The summed E-state index contributed by atoms with van der Waals surface area (Å²) < 4.78 is 44.4. The molecule has 240 valence electrons. The van der Waals surface area contributed by atoms with Gasteiger partial charge in [0.05, 0.1) is 23.1 Å². The van der Waals surface area contributed by atoms with Crippen LogP contribution in [0.3, 0.4) is 0 Å². The van der Waals surface area contributed by atoms with Gasteiger partial charge in [-0.25, -0.2) is 8.78 Å². The van der Waals surface area contributed by atoms with E-state index in [2.05, 4.69) is 26.7 Å². The van der Waals surface area contributed by atoms with E-state index < -0.39 is 5.82 Å². The Balaban J connectivity index is 1.16. The Labute approximate surface area is 266 Å². The third-order valence-corrected chi connectivity index (χ3v) is 12.0. The number of phenols is 1. The van der Waals surface area contributed by atoms with Crippen molar-refractivity contribution in [3.05, 3.63) is 47.7 Å². The Morgan fingerprint density at radius 3 is 2.70 bits per heavy atom.